The van der Waals surface area contributed by atoms with Crippen LogP contribution in [0.1, 0.15) is 37.4 Å². The molecular weight excluding hydrogens is 460 g/mol. The van der Waals surface area contributed by atoms with Crippen molar-refractivity contribution in [2.75, 3.05) is 4.72 Å². The molecule has 0 bridgehead atoms. The summed E-state index contributed by atoms with van der Waals surface area (Å²) in [4.78, 5) is 15.1. The van der Waals surface area contributed by atoms with Gasteiger partial charge in [0.15, 0.2) is 6.10 Å². The Balaban J connectivity index is 1.66. The van der Waals surface area contributed by atoms with Crippen molar-refractivity contribution in [3.05, 3.63) is 88.9 Å². The number of hydrogen-bond acceptors (Lipinski definition) is 4. The number of ether oxygens (including phenoxy) is 1. The molecule has 0 aromatic heterocycles. The van der Waals surface area contributed by atoms with E-state index in [1.807, 2.05) is 42.2 Å². The maximum atomic E-state index is 13.2. The molecule has 0 saturated heterocycles. The number of sulfonamides is 1. The average molecular weight is 485 g/mol. The van der Waals surface area contributed by atoms with Crippen LogP contribution in [0.5, 0.6) is 5.75 Å². The molecule has 1 heterocycles. The van der Waals surface area contributed by atoms with Gasteiger partial charge in [0.05, 0.1) is 17.5 Å². The Bertz CT molecular complexity index is 1250. The number of anilines is 1. The highest BCUT2D eigenvalue weighted by Crippen LogP contribution is 2.34. The Morgan fingerprint density at radius 3 is 2.45 bits per heavy atom. The Morgan fingerprint density at radius 1 is 1.09 bits per heavy atom. The van der Waals surface area contributed by atoms with Gasteiger partial charge in [0, 0.05) is 16.3 Å². The maximum absolute atomic E-state index is 13.2. The number of nitrogens with one attached hydrogen (secondary N) is 1. The molecule has 172 valence electrons. The third kappa shape index (κ3) is 4.99. The fourth-order valence-electron chi connectivity index (χ4n) is 4.02. The number of carbonyl (C=O) groups excluding carboxylic acids is 1. The number of amides is 1. The van der Waals surface area contributed by atoms with Crippen LogP contribution in [0.4, 0.5) is 5.69 Å². The molecule has 3 aromatic rings. The van der Waals surface area contributed by atoms with Crippen molar-refractivity contribution in [2.24, 2.45) is 0 Å². The highest BCUT2D eigenvalue weighted by molar-refractivity contribution is 7.92. The number of fused-ring (bicyclic) bond motifs is 1. The number of benzene rings is 3. The van der Waals surface area contributed by atoms with Crippen LogP contribution in [0.3, 0.4) is 0 Å². The van der Waals surface area contributed by atoms with Crippen molar-refractivity contribution in [2.45, 2.75) is 43.9 Å². The summed E-state index contributed by atoms with van der Waals surface area (Å²) in [6.07, 6.45) is 0.0846. The van der Waals surface area contributed by atoms with Gasteiger partial charge in [0.1, 0.15) is 5.75 Å². The van der Waals surface area contributed by atoms with Crippen molar-refractivity contribution in [3.63, 3.8) is 0 Å². The van der Waals surface area contributed by atoms with Gasteiger partial charge >= 0.3 is 0 Å². The summed E-state index contributed by atoms with van der Waals surface area (Å²) in [6, 6.07) is 20.8. The monoisotopic (exact) mass is 484 g/mol. The van der Waals surface area contributed by atoms with Crippen LogP contribution in [0.15, 0.2) is 77.7 Å². The second-order valence-corrected chi connectivity index (χ2v) is 10.1. The molecule has 1 aliphatic heterocycles. The molecule has 1 aliphatic rings. The van der Waals surface area contributed by atoms with Crippen LogP contribution in [0.2, 0.25) is 5.02 Å². The largest absolute Gasteiger partial charge is 0.481 e. The van der Waals surface area contributed by atoms with Gasteiger partial charge in [-0.15, -0.1) is 0 Å². The molecule has 0 saturated carbocycles. The van der Waals surface area contributed by atoms with Crippen molar-refractivity contribution in [1.82, 2.24) is 4.90 Å². The number of hydrogen-bond donors (Lipinski definition) is 1. The van der Waals surface area contributed by atoms with Gasteiger partial charge < -0.3 is 9.64 Å². The highest BCUT2D eigenvalue weighted by Gasteiger charge is 2.33. The van der Waals surface area contributed by atoms with Crippen LogP contribution in [-0.4, -0.2) is 25.3 Å². The van der Waals surface area contributed by atoms with Crippen LogP contribution in [0.25, 0.3) is 0 Å². The SMILES string of the molecule is CC[C@H](c1ccccc1)N1Cc2cc(NS(=O)(=O)c3ccc(Cl)cc3)ccc2O[C@H](C)C1=O. The third-order valence-corrected chi connectivity index (χ3v) is 7.31. The van der Waals surface area contributed by atoms with Gasteiger partial charge in [0.2, 0.25) is 0 Å². The van der Waals surface area contributed by atoms with Gasteiger partial charge in [-0.1, -0.05) is 48.9 Å². The second kappa shape index (κ2) is 9.45. The zero-order chi connectivity index (χ0) is 23.6. The van der Waals surface area contributed by atoms with Gasteiger partial charge in [-0.05, 0) is 61.4 Å². The van der Waals surface area contributed by atoms with E-state index in [2.05, 4.69) is 4.72 Å². The van der Waals surface area contributed by atoms with E-state index in [0.29, 0.717) is 23.0 Å². The Hall–Kier alpha value is -3.03. The minimum Gasteiger partial charge on any atom is -0.481 e. The van der Waals surface area contributed by atoms with E-state index < -0.39 is 16.1 Å². The molecule has 33 heavy (non-hydrogen) atoms. The molecule has 6 nitrogen and oxygen atoms in total. The predicted molar refractivity (Wildman–Crippen MR) is 129 cm³/mol. The first kappa shape index (κ1) is 23.1. The lowest BCUT2D eigenvalue weighted by Crippen LogP contribution is -2.40. The zero-order valence-electron chi connectivity index (χ0n) is 18.4. The van der Waals surface area contributed by atoms with E-state index >= 15 is 0 Å². The summed E-state index contributed by atoms with van der Waals surface area (Å²) in [5, 5.41) is 0.457. The molecule has 0 radical (unpaired) electrons. The number of halogens is 1. The number of carbonyl (C=O) groups is 1. The molecule has 3 aromatic carbocycles. The summed E-state index contributed by atoms with van der Waals surface area (Å²) < 4.78 is 34.2. The minimum atomic E-state index is -3.79. The first-order valence-corrected chi connectivity index (χ1v) is 12.6. The lowest BCUT2D eigenvalue weighted by atomic mass is 10.0. The van der Waals surface area contributed by atoms with Crippen LogP contribution in [-0.2, 0) is 21.4 Å². The summed E-state index contributed by atoms with van der Waals surface area (Å²) in [5.74, 6) is 0.459. The fourth-order valence-corrected chi connectivity index (χ4v) is 5.20. The molecule has 8 heteroatoms. The summed E-state index contributed by atoms with van der Waals surface area (Å²) >= 11 is 5.87. The zero-order valence-corrected chi connectivity index (χ0v) is 19.9. The quantitative estimate of drug-likeness (QED) is 0.508. The van der Waals surface area contributed by atoms with Crippen molar-refractivity contribution >= 4 is 33.2 Å². The van der Waals surface area contributed by atoms with E-state index in [1.54, 1.807) is 25.1 Å². The summed E-state index contributed by atoms with van der Waals surface area (Å²) in [7, 11) is -3.79. The molecule has 0 aliphatic carbocycles. The molecule has 4 rings (SSSR count). The van der Waals surface area contributed by atoms with E-state index in [1.165, 1.54) is 24.3 Å². The molecule has 1 amide bonds. The topological polar surface area (TPSA) is 75.7 Å². The van der Waals surface area contributed by atoms with Crippen molar-refractivity contribution in [3.8, 4) is 5.75 Å². The number of rotatable bonds is 6. The first-order valence-electron chi connectivity index (χ1n) is 10.7. The lowest BCUT2D eigenvalue weighted by molar-refractivity contribution is -0.140. The summed E-state index contributed by atoms with van der Waals surface area (Å²) in [5.41, 5.74) is 2.17. The third-order valence-electron chi connectivity index (χ3n) is 5.66. The Kier molecular flexibility index (Phi) is 6.63. The van der Waals surface area contributed by atoms with Gasteiger partial charge in [-0.25, -0.2) is 8.42 Å². The molecule has 0 fully saturated rings. The first-order chi connectivity index (χ1) is 15.8. The fraction of sp³-hybridized carbons (Fsp3) is 0.240. The predicted octanol–water partition coefficient (Wildman–Crippen LogP) is 5.40. The van der Waals surface area contributed by atoms with Crippen LogP contribution in [0, 0.1) is 0 Å². The van der Waals surface area contributed by atoms with Gasteiger partial charge in [-0.3, -0.25) is 9.52 Å². The van der Waals surface area contributed by atoms with Crippen LogP contribution >= 0.6 is 11.6 Å². The van der Waals surface area contributed by atoms with E-state index in [9.17, 15) is 13.2 Å². The van der Waals surface area contributed by atoms with Gasteiger partial charge in [-0.2, -0.15) is 0 Å². The standard InChI is InChI=1S/C25H25ClN2O4S/c1-3-23(18-7-5-4-6-8-18)28-16-19-15-21(11-14-24(19)32-17(2)25(28)29)27-33(30,31)22-12-9-20(26)10-13-22/h4-15,17,23,27H,3,16H2,1-2H3/t17-,23-/m1/s1. The smallest absolute Gasteiger partial charge is 0.264 e. The summed E-state index contributed by atoms with van der Waals surface area (Å²) in [6.45, 7) is 4.08. The lowest BCUT2D eigenvalue weighted by Gasteiger charge is -2.31. The van der Waals surface area contributed by atoms with E-state index in [0.717, 1.165) is 17.5 Å². The second-order valence-electron chi connectivity index (χ2n) is 7.94. The highest BCUT2D eigenvalue weighted by atomic mass is 35.5. The average Bonchev–Trinajstić information content (AvgIpc) is 2.92. The Morgan fingerprint density at radius 2 is 1.79 bits per heavy atom. The molecule has 0 unspecified atom stereocenters. The Labute approximate surface area is 199 Å². The number of nitrogens with zero attached hydrogens (tertiary/aromatic N) is 1. The maximum Gasteiger partial charge on any atom is 0.264 e. The van der Waals surface area contributed by atoms with Crippen molar-refractivity contribution in [1.29, 1.82) is 0 Å². The van der Waals surface area contributed by atoms with Crippen molar-refractivity contribution < 1.29 is 17.9 Å². The van der Waals surface area contributed by atoms with Crippen LogP contribution < -0.4 is 9.46 Å². The minimum absolute atomic E-state index is 0.106. The molecule has 0 spiro atoms. The molecule has 1 N–H and O–H groups in total. The molecule has 2 atom stereocenters. The van der Waals surface area contributed by atoms with E-state index in [4.69, 9.17) is 16.3 Å². The van der Waals surface area contributed by atoms with Gasteiger partial charge in [0.25, 0.3) is 15.9 Å². The normalized spacial score (nSPS) is 17.0. The van der Waals surface area contributed by atoms with E-state index in [-0.39, 0.29) is 16.8 Å². The molecular formula is C25H25ClN2O4S.